The molecule has 0 saturated carbocycles. The molecular weight excluding hydrogens is 460 g/mol. The Balaban J connectivity index is 1.13. The minimum atomic E-state index is -0.554. The van der Waals surface area contributed by atoms with E-state index in [1.807, 2.05) is 50.2 Å². The van der Waals surface area contributed by atoms with E-state index in [-0.39, 0.29) is 6.61 Å². The molecule has 5 rings (SSSR count). The highest BCUT2D eigenvalue weighted by molar-refractivity contribution is 7.18. The molecule has 3 heterocycles. The smallest absolute Gasteiger partial charge is 0.171 e. The lowest BCUT2D eigenvalue weighted by Gasteiger charge is -2.40. The van der Waals surface area contributed by atoms with Crippen molar-refractivity contribution in [3.8, 4) is 17.1 Å². The zero-order valence-electron chi connectivity index (χ0n) is 20.5. The quantitative estimate of drug-likeness (QED) is 0.388. The van der Waals surface area contributed by atoms with Crippen LogP contribution in [0.2, 0.25) is 0 Å². The minimum absolute atomic E-state index is 0.266. The molecule has 2 aromatic heterocycles. The third-order valence-electron chi connectivity index (χ3n) is 6.61. The number of aliphatic hydroxyl groups is 1. The van der Waals surface area contributed by atoms with Gasteiger partial charge in [-0.15, -0.1) is 11.3 Å². The Morgan fingerprint density at radius 2 is 2.00 bits per heavy atom. The summed E-state index contributed by atoms with van der Waals surface area (Å²) in [5.74, 6) is 1.61. The molecule has 0 radical (unpaired) electrons. The molecular formula is C27H32N4O3S. The number of hydrogen-bond acceptors (Lipinski definition) is 8. The summed E-state index contributed by atoms with van der Waals surface area (Å²) in [4.78, 5) is 9.31. The number of hydrogen-bond donors (Lipinski definition) is 1. The fourth-order valence-corrected chi connectivity index (χ4v) is 5.54. The van der Waals surface area contributed by atoms with Crippen LogP contribution in [0, 0.1) is 13.8 Å². The summed E-state index contributed by atoms with van der Waals surface area (Å²) < 4.78 is 12.7. The number of rotatable bonds is 8. The molecule has 4 aromatic rings. The van der Waals surface area contributed by atoms with Crippen molar-refractivity contribution in [2.75, 3.05) is 32.8 Å². The van der Waals surface area contributed by atoms with Gasteiger partial charge in [0.1, 0.15) is 18.5 Å². The summed E-state index contributed by atoms with van der Waals surface area (Å²) in [5.41, 5.74) is 4.10. The first-order valence-electron chi connectivity index (χ1n) is 12.1. The first kappa shape index (κ1) is 23.9. The molecule has 0 amide bonds. The molecule has 1 aliphatic heterocycles. The number of nitrogens with zero attached hydrogens (tertiary/aromatic N) is 4. The van der Waals surface area contributed by atoms with Crippen molar-refractivity contribution in [2.24, 2.45) is 0 Å². The maximum absolute atomic E-state index is 10.7. The van der Waals surface area contributed by atoms with E-state index in [9.17, 15) is 5.11 Å². The minimum Gasteiger partial charge on any atom is -0.491 e. The average molecular weight is 493 g/mol. The molecule has 8 heteroatoms. The first-order valence-corrected chi connectivity index (χ1v) is 12.9. The zero-order valence-corrected chi connectivity index (χ0v) is 21.3. The lowest BCUT2D eigenvalue weighted by atomic mass is 10.1. The Morgan fingerprint density at radius 3 is 2.80 bits per heavy atom. The first-order chi connectivity index (χ1) is 17.0. The fourth-order valence-electron chi connectivity index (χ4n) is 4.73. The van der Waals surface area contributed by atoms with Gasteiger partial charge in [0.15, 0.2) is 5.76 Å². The molecule has 7 nitrogen and oxygen atoms in total. The lowest BCUT2D eigenvalue weighted by molar-refractivity contribution is 0.0196. The third kappa shape index (κ3) is 5.56. The lowest BCUT2D eigenvalue weighted by Crippen LogP contribution is -2.53. The van der Waals surface area contributed by atoms with Crippen LogP contribution in [0.1, 0.15) is 23.2 Å². The van der Waals surface area contributed by atoms with Crippen molar-refractivity contribution in [2.45, 2.75) is 39.5 Å². The van der Waals surface area contributed by atoms with Gasteiger partial charge in [-0.05, 0) is 32.9 Å². The van der Waals surface area contributed by atoms with Crippen LogP contribution in [0.15, 0.2) is 53.1 Å². The fraction of sp³-hybridized carbons (Fsp3) is 0.407. The predicted molar refractivity (Wildman–Crippen MR) is 139 cm³/mol. The van der Waals surface area contributed by atoms with Crippen molar-refractivity contribution >= 4 is 21.6 Å². The molecule has 1 N–H and O–H groups in total. The van der Waals surface area contributed by atoms with Gasteiger partial charge in [-0.2, -0.15) is 0 Å². The summed E-state index contributed by atoms with van der Waals surface area (Å²) >= 11 is 1.67. The number of aryl methyl sites for hydroxylation is 2. The molecule has 0 aliphatic carbocycles. The van der Waals surface area contributed by atoms with E-state index in [1.165, 1.54) is 0 Å². The normalized spacial score (nSPS) is 18.2. The van der Waals surface area contributed by atoms with Gasteiger partial charge < -0.3 is 14.4 Å². The second-order valence-corrected chi connectivity index (χ2v) is 10.6. The number of thiazole rings is 1. The van der Waals surface area contributed by atoms with Gasteiger partial charge in [0, 0.05) is 56.0 Å². The molecule has 2 unspecified atom stereocenters. The monoisotopic (exact) mass is 492 g/mol. The second-order valence-electron chi connectivity index (χ2n) is 9.35. The van der Waals surface area contributed by atoms with E-state index in [0.29, 0.717) is 12.6 Å². The number of benzene rings is 2. The van der Waals surface area contributed by atoms with Gasteiger partial charge in [-0.3, -0.25) is 9.80 Å². The van der Waals surface area contributed by atoms with Gasteiger partial charge >= 0.3 is 0 Å². The van der Waals surface area contributed by atoms with Crippen molar-refractivity contribution in [1.82, 2.24) is 19.9 Å². The van der Waals surface area contributed by atoms with Crippen molar-refractivity contribution < 1.29 is 14.4 Å². The van der Waals surface area contributed by atoms with Crippen LogP contribution < -0.4 is 4.74 Å². The number of piperazine rings is 1. The van der Waals surface area contributed by atoms with E-state index < -0.39 is 6.10 Å². The Labute approximate surface area is 209 Å². The highest BCUT2D eigenvalue weighted by atomic mass is 32.1. The van der Waals surface area contributed by atoms with Gasteiger partial charge in [0.25, 0.3) is 0 Å². The van der Waals surface area contributed by atoms with Crippen LogP contribution in [0.25, 0.3) is 21.5 Å². The average Bonchev–Trinajstić information content (AvgIpc) is 3.41. The van der Waals surface area contributed by atoms with Crippen LogP contribution in [0.3, 0.4) is 0 Å². The standard InChI is InChI=1S/C27H32N4O3S/c1-18-14-30(16-24-19(2)29-34-27(24)21-7-5-4-6-8-21)11-12-31(18)15-22(32)17-33-23-9-10-26-25(13-23)28-20(3)35-26/h4-10,13,18,22,32H,11-12,14-17H2,1-3H3. The highest BCUT2D eigenvalue weighted by Crippen LogP contribution is 2.28. The molecule has 2 aromatic carbocycles. The maximum atomic E-state index is 10.7. The van der Waals surface area contributed by atoms with E-state index >= 15 is 0 Å². The maximum Gasteiger partial charge on any atom is 0.171 e. The van der Waals surface area contributed by atoms with E-state index in [2.05, 4.69) is 39.0 Å². The predicted octanol–water partition coefficient (Wildman–Crippen LogP) is 4.51. The van der Waals surface area contributed by atoms with Crippen LogP contribution in [0.5, 0.6) is 5.75 Å². The highest BCUT2D eigenvalue weighted by Gasteiger charge is 2.27. The van der Waals surface area contributed by atoms with Gasteiger partial charge in [0.2, 0.25) is 0 Å². The summed E-state index contributed by atoms with van der Waals surface area (Å²) in [6, 6.07) is 16.4. The number of ether oxygens (including phenoxy) is 1. The van der Waals surface area contributed by atoms with E-state index in [4.69, 9.17) is 9.26 Å². The van der Waals surface area contributed by atoms with Gasteiger partial charge in [0.05, 0.1) is 20.9 Å². The number of aromatic nitrogens is 2. The Morgan fingerprint density at radius 1 is 1.17 bits per heavy atom. The van der Waals surface area contributed by atoms with Crippen LogP contribution in [-0.4, -0.2) is 70.0 Å². The molecule has 0 spiro atoms. The van der Waals surface area contributed by atoms with E-state index in [0.717, 1.165) is 69.7 Å². The number of fused-ring (bicyclic) bond motifs is 1. The van der Waals surface area contributed by atoms with Crippen molar-refractivity contribution in [1.29, 1.82) is 0 Å². The Bertz CT molecular complexity index is 1270. The summed E-state index contributed by atoms with van der Waals surface area (Å²) in [7, 11) is 0. The summed E-state index contributed by atoms with van der Waals surface area (Å²) in [6.45, 7) is 10.6. The van der Waals surface area contributed by atoms with E-state index in [1.54, 1.807) is 11.3 Å². The topological polar surface area (TPSA) is 74.9 Å². The second kappa shape index (κ2) is 10.5. The third-order valence-corrected chi connectivity index (χ3v) is 7.56. The zero-order chi connectivity index (χ0) is 24.4. The molecule has 1 aliphatic rings. The Hall–Kier alpha value is -2.78. The van der Waals surface area contributed by atoms with Crippen molar-refractivity contribution in [3.63, 3.8) is 0 Å². The van der Waals surface area contributed by atoms with Crippen LogP contribution in [-0.2, 0) is 6.54 Å². The largest absolute Gasteiger partial charge is 0.491 e. The SMILES string of the molecule is Cc1nc2cc(OCC(O)CN3CCN(Cc4c(C)noc4-c4ccccc4)CC3C)ccc2s1. The van der Waals surface area contributed by atoms with Crippen LogP contribution in [0.4, 0.5) is 0 Å². The molecule has 0 bridgehead atoms. The number of aliphatic hydroxyl groups excluding tert-OH is 1. The van der Waals surface area contributed by atoms with Gasteiger partial charge in [-0.1, -0.05) is 35.5 Å². The molecule has 2 atom stereocenters. The number of β-amino-alcohol motifs (C(OH)–C–C–N with tert-alkyl or cyclic N) is 1. The molecule has 1 saturated heterocycles. The Kier molecular flexibility index (Phi) is 7.15. The molecule has 1 fully saturated rings. The summed E-state index contributed by atoms with van der Waals surface area (Å²) in [5, 5.41) is 15.9. The molecule has 35 heavy (non-hydrogen) atoms. The summed E-state index contributed by atoms with van der Waals surface area (Å²) in [6.07, 6.45) is -0.554. The molecule has 184 valence electrons. The van der Waals surface area contributed by atoms with Gasteiger partial charge in [-0.25, -0.2) is 4.98 Å². The van der Waals surface area contributed by atoms with Crippen LogP contribution >= 0.6 is 11.3 Å². The van der Waals surface area contributed by atoms with Crippen molar-refractivity contribution in [3.05, 3.63) is 64.8 Å².